The molecule has 27 heavy (non-hydrogen) atoms. The van der Waals surface area contributed by atoms with Crippen molar-refractivity contribution in [3.63, 3.8) is 0 Å². The van der Waals surface area contributed by atoms with Crippen molar-refractivity contribution in [2.45, 2.75) is 6.92 Å². The number of carbonyl (C=O) groups is 1. The van der Waals surface area contributed by atoms with Crippen LogP contribution in [-0.4, -0.2) is 19.1 Å². The molecule has 3 aromatic carbocycles. The standard InChI is InChI=1S/C22H20BrNO3/c1-16-7-8-17(15-21(16)23)22(25)24-18-9-11-20(12-10-18)27-14-13-26-19-5-3-2-4-6-19/h2-12,15H,13-14H2,1H3,(H,24,25). The van der Waals surface area contributed by atoms with Crippen molar-refractivity contribution < 1.29 is 14.3 Å². The van der Waals surface area contributed by atoms with Crippen LogP contribution in [0.25, 0.3) is 0 Å². The summed E-state index contributed by atoms with van der Waals surface area (Å²) in [6, 6.07) is 22.4. The lowest BCUT2D eigenvalue weighted by atomic mass is 10.1. The minimum atomic E-state index is -0.152. The van der Waals surface area contributed by atoms with Crippen molar-refractivity contribution in [3.8, 4) is 11.5 Å². The molecule has 0 aliphatic carbocycles. The van der Waals surface area contributed by atoms with Gasteiger partial charge in [-0.3, -0.25) is 4.79 Å². The van der Waals surface area contributed by atoms with Crippen LogP contribution in [0.5, 0.6) is 11.5 Å². The van der Waals surface area contributed by atoms with E-state index < -0.39 is 0 Å². The first-order chi connectivity index (χ1) is 13.1. The molecule has 0 unspecified atom stereocenters. The Morgan fingerprint density at radius 2 is 1.52 bits per heavy atom. The van der Waals surface area contributed by atoms with Gasteiger partial charge in [-0.1, -0.05) is 40.2 Å². The van der Waals surface area contributed by atoms with Gasteiger partial charge in [-0.15, -0.1) is 0 Å². The molecule has 0 saturated heterocycles. The number of hydrogen-bond acceptors (Lipinski definition) is 3. The number of halogens is 1. The van der Waals surface area contributed by atoms with Gasteiger partial charge >= 0.3 is 0 Å². The summed E-state index contributed by atoms with van der Waals surface area (Å²) in [5.74, 6) is 1.39. The van der Waals surface area contributed by atoms with Crippen LogP contribution in [0.4, 0.5) is 5.69 Å². The second kappa shape index (κ2) is 9.24. The maximum atomic E-state index is 12.3. The van der Waals surface area contributed by atoms with Crippen LogP contribution in [0.15, 0.2) is 77.3 Å². The first-order valence-corrected chi connectivity index (χ1v) is 9.39. The summed E-state index contributed by atoms with van der Waals surface area (Å²) in [7, 11) is 0. The zero-order valence-electron chi connectivity index (χ0n) is 14.9. The van der Waals surface area contributed by atoms with Gasteiger partial charge in [0.1, 0.15) is 24.7 Å². The van der Waals surface area contributed by atoms with Crippen LogP contribution in [0.1, 0.15) is 15.9 Å². The number of ether oxygens (including phenoxy) is 2. The van der Waals surface area contributed by atoms with Crippen molar-refractivity contribution in [1.29, 1.82) is 0 Å². The molecule has 0 heterocycles. The fraction of sp³-hybridized carbons (Fsp3) is 0.136. The van der Waals surface area contributed by atoms with E-state index in [-0.39, 0.29) is 5.91 Å². The molecule has 0 spiro atoms. The lowest BCUT2D eigenvalue weighted by Crippen LogP contribution is -2.12. The number of carbonyl (C=O) groups excluding carboxylic acids is 1. The molecule has 5 heteroatoms. The topological polar surface area (TPSA) is 47.6 Å². The third kappa shape index (κ3) is 5.59. The number of anilines is 1. The molecule has 0 aliphatic heterocycles. The van der Waals surface area contributed by atoms with Gasteiger partial charge in [0.2, 0.25) is 0 Å². The Labute approximate surface area is 167 Å². The molecule has 0 radical (unpaired) electrons. The van der Waals surface area contributed by atoms with Gasteiger partial charge in [-0.2, -0.15) is 0 Å². The van der Waals surface area contributed by atoms with E-state index in [9.17, 15) is 4.79 Å². The molecule has 3 aromatic rings. The number of amides is 1. The second-order valence-electron chi connectivity index (χ2n) is 5.95. The summed E-state index contributed by atoms with van der Waals surface area (Å²) in [4.78, 5) is 12.3. The molecule has 1 amide bonds. The maximum absolute atomic E-state index is 12.3. The highest BCUT2D eigenvalue weighted by Gasteiger charge is 2.08. The van der Waals surface area contributed by atoms with Crippen LogP contribution < -0.4 is 14.8 Å². The smallest absolute Gasteiger partial charge is 0.255 e. The number of aryl methyl sites for hydroxylation is 1. The summed E-state index contributed by atoms with van der Waals surface area (Å²) in [5, 5.41) is 2.88. The predicted octanol–water partition coefficient (Wildman–Crippen LogP) is 5.47. The summed E-state index contributed by atoms with van der Waals surface area (Å²) >= 11 is 3.45. The Bertz CT molecular complexity index is 895. The van der Waals surface area contributed by atoms with Crippen LogP contribution in [-0.2, 0) is 0 Å². The van der Waals surface area contributed by atoms with Crippen LogP contribution in [0.3, 0.4) is 0 Å². The highest BCUT2D eigenvalue weighted by atomic mass is 79.9. The van der Waals surface area contributed by atoms with Crippen LogP contribution in [0, 0.1) is 6.92 Å². The molecule has 3 rings (SSSR count). The normalized spacial score (nSPS) is 10.3. The molecular formula is C22H20BrNO3. The van der Waals surface area contributed by atoms with E-state index in [4.69, 9.17) is 9.47 Å². The molecule has 0 saturated carbocycles. The average molecular weight is 426 g/mol. The summed E-state index contributed by atoms with van der Waals surface area (Å²) < 4.78 is 12.2. The van der Waals surface area contributed by atoms with Crippen LogP contribution >= 0.6 is 15.9 Å². The van der Waals surface area contributed by atoms with Crippen LogP contribution in [0.2, 0.25) is 0 Å². The SMILES string of the molecule is Cc1ccc(C(=O)Nc2ccc(OCCOc3ccccc3)cc2)cc1Br. The van der Waals surface area contributed by atoms with Crippen molar-refractivity contribution in [2.24, 2.45) is 0 Å². The Kier molecular flexibility index (Phi) is 6.49. The lowest BCUT2D eigenvalue weighted by Gasteiger charge is -2.10. The number of nitrogens with one attached hydrogen (secondary N) is 1. The van der Waals surface area contributed by atoms with Crippen molar-refractivity contribution in [2.75, 3.05) is 18.5 Å². The van der Waals surface area contributed by atoms with Gasteiger partial charge in [-0.05, 0) is 61.0 Å². The van der Waals surface area contributed by atoms with Crippen molar-refractivity contribution >= 4 is 27.5 Å². The van der Waals surface area contributed by atoms with Crippen molar-refractivity contribution in [3.05, 3.63) is 88.4 Å². The molecule has 4 nitrogen and oxygen atoms in total. The van der Waals surface area contributed by atoms with Crippen molar-refractivity contribution in [1.82, 2.24) is 0 Å². The van der Waals surface area contributed by atoms with Gasteiger partial charge in [0, 0.05) is 15.7 Å². The monoisotopic (exact) mass is 425 g/mol. The molecule has 0 atom stereocenters. The summed E-state index contributed by atoms with van der Waals surface area (Å²) in [6.45, 7) is 2.89. The molecular weight excluding hydrogens is 406 g/mol. The van der Waals surface area contributed by atoms with E-state index >= 15 is 0 Å². The number of rotatable bonds is 7. The maximum Gasteiger partial charge on any atom is 0.255 e. The summed E-state index contributed by atoms with van der Waals surface area (Å²) in [5.41, 5.74) is 2.40. The molecule has 0 aromatic heterocycles. The second-order valence-corrected chi connectivity index (χ2v) is 6.81. The number of para-hydroxylation sites is 1. The molecule has 0 aliphatic rings. The highest BCUT2D eigenvalue weighted by Crippen LogP contribution is 2.20. The first kappa shape index (κ1) is 19.0. The zero-order chi connectivity index (χ0) is 19.1. The third-order valence-corrected chi connectivity index (χ3v) is 4.76. The Morgan fingerprint density at radius 1 is 0.889 bits per heavy atom. The van der Waals surface area contributed by atoms with Gasteiger partial charge in [-0.25, -0.2) is 0 Å². The van der Waals surface area contributed by atoms with E-state index in [0.29, 0.717) is 24.5 Å². The number of hydrogen-bond donors (Lipinski definition) is 1. The fourth-order valence-corrected chi connectivity index (χ4v) is 2.79. The Morgan fingerprint density at radius 3 is 2.15 bits per heavy atom. The largest absolute Gasteiger partial charge is 0.490 e. The molecule has 0 fully saturated rings. The molecule has 1 N–H and O–H groups in total. The van der Waals surface area contributed by atoms with Gasteiger partial charge < -0.3 is 14.8 Å². The van der Waals surface area contributed by atoms with Gasteiger partial charge in [0.25, 0.3) is 5.91 Å². The average Bonchev–Trinajstić information content (AvgIpc) is 2.69. The van der Waals surface area contributed by atoms with E-state index in [2.05, 4.69) is 21.2 Å². The molecule has 138 valence electrons. The highest BCUT2D eigenvalue weighted by molar-refractivity contribution is 9.10. The lowest BCUT2D eigenvalue weighted by molar-refractivity contribution is 0.102. The predicted molar refractivity (Wildman–Crippen MR) is 111 cm³/mol. The Balaban J connectivity index is 1.48. The Hall–Kier alpha value is -2.79. The minimum absolute atomic E-state index is 0.152. The van der Waals surface area contributed by atoms with Gasteiger partial charge in [0.05, 0.1) is 0 Å². The minimum Gasteiger partial charge on any atom is -0.490 e. The van der Waals surface area contributed by atoms with E-state index in [1.807, 2.05) is 73.7 Å². The van der Waals surface area contributed by atoms with E-state index in [1.165, 1.54) is 0 Å². The quantitative estimate of drug-likeness (QED) is 0.510. The first-order valence-electron chi connectivity index (χ1n) is 8.60. The van der Waals surface area contributed by atoms with E-state index in [1.54, 1.807) is 6.07 Å². The third-order valence-electron chi connectivity index (χ3n) is 3.91. The zero-order valence-corrected chi connectivity index (χ0v) is 16.5. The number of benzene rings is 3. The fourth-order valence-electron chi connectivity index (χ4n) is 2.41. The van der Waals surface area contributed by atoms with Gasteiger partial charge in [0.15, 0.2) is 0 Å². The summed E-state index contributed by atoms with van der Waals surface area (Å²) in [6.07, 6.45) is 0. The molecule has 0 bridgehead atoms. The van der Waals surface area contributed by atoms with E-state index in [0.717, 1.165) is 21.5 Å².